The molecule has 0 aliphatic heterocycles. The normalized spacial score (nSPS) is 11.9. The van der Waals surface area contributed by atoms with Crippen LogP contribution < -0.4 is 5.32 Å². The maximum absolute atomic E-state index is 11.6. The molecule has 0 saturated carbocycles. The van der Waals surface area contributed by atoms with Gasteiger partial charge in [0.25, 0.3) is 11.6 Å². The lowest BCUT2D eigenvalue weighted by Crippen LogP contribution is -2.35. The number of para-hydroxylation sites is 1. The number of nitrogens with zero attached hydrogens (tertiary/aromatic N) is 1. The Labute approximate surface area is 121 Å². The van der Waals surface area contributed by atoms with E-state index in [0.717, 1.165) is 6.08 Å². The Morgan fingerprint density at radius 3 is 2.71 bits per heavy atom. The maximum atomic E-state index is 11.6. The summed E-state index contributed by atoms with van der Waals surface area (Å²) in [6, 6.07) is 6.00. The average Bonchev–Trinajstić information content (AvgIpc) is 2.45. The minimum absolute atomic E-state index is 0.113. The van der Waals surface area contributed by atoms with E-state index in [4.69, 9.17) is 4.74 Å². The summed E-state index contributed by atoms with van der Waals surface area (Å²) in [5.74, 6) is -1.14. The summed E-state index contributed by atoms with van der Waals surface area (Å²) in [6.07, 6.45) is 1.41. The molecule has 0 saturated heterocycles. The molecular formula is C14H16N2O5. The Morgan fingerprint density at radius 1 is 1.43 bits per heavy atom. The Bertz CT molecular complexity index is 568. The van der Waals surface area contributed by atoms with Gasteiger partial charge in [-0.25, -0.2) is 4.79 Å². The summed E-state index contributed by atoms with van der Waals surface area (Å²) in [7, 11) is 0. The number of rotatable bonds is 6. The van der Waals surface area contributed by atoms with Crippen LogP contribution in [0.15, 0.2) is 30.3 Å². The van der Waals surface area contributed by atoms with E-state index in [0.29, 0.717) is 6.54 Å². The van der Waals surface area contributed by atoms with Crippen molar-refractivity contribution in [1.29, 1.82) is 0 Å². The third-order valence-corrected chi connectivity index (χ3v) is 2.55. The third kappa shape index (κ3) is 5.06. The first-order valence-corrected chi connectivity index (χ1v) is 6.35. The molecule has 0 aromatic heterocycles. The molecule has 7 heteroatoms. The first kappa shape index (κ1) is 16.4. The van der Waals surface area contributed by atoms with Gasteiger partial charge in [0.15, 0.2) is 6.10 Å². The highest BCUT2D eigenvalue weighted by atomic mass is 16.6. The molecule has 1 N–H and O–H groups in total. The Hall–Kier alpha value is -2.70. The Kier molecular flexibility index (Phi) is 6.06. The van der Waals surface area contributed by atoms with Crippen LogP contribution in [0.4, 0.5) is 5.69 Å². The zero-order valence-corrected chi connectivity index (χ0v) is 11.7. The summed E-state index contributed by atoms with van der Waals surface area (Å²) in [6.45, 7) is 3.63. The molecule has 0 fully saturated rings. The van der Waals surface area contributed by atoms with E-state index >= 15 is 0 Å². The van der Waals surface area contributed by atoms with Gasteiger partial charge in [-0.1, -0.05) is 12.1 Å². The number of carbonyl (C=O) groups excluding carboxylic acids is 2. The molecule has 0 aliphatic carbocycles. The van der Waals surface area contributed by atoms with Crippen molar-refractivity contribution >= 4 is 23.6 Å². The van der Waals surface area contributed by atoms with Crippen LogP contribution in [0.2, 0.25) is 0 Å². The topological polar surface area (TPSA) is 98.5 Å². The predicted octanol–water partition coefficient (Wildman–Crippen LogP) is 1.68. The van der Waals surface area contributed by atoms with Crippen LogP contribution in [0, 0.1) is 10.1 Å². The predicted molar refractivity (Wildman–Crippen MR) is 76.4 cm³/mol. The number of hydrogen-bond donors (Lipinski definition) is 1. The molecule has 0 unspecified atom stereocenters. The maximum Gasteiger partial charge on any atom is 0.331 e. The molecule has 0 spiro atoms. The number of carbonyl (C=O) groups is 2. The van der Waals surface area contributed by atoms with Crippen LogP contribution in [-0.4, -0.2) is 29.4 Å². The van der Waals surface area contributed by atoms with E-state index in [2.05, 4.69) is 5.32 Å². The first-order chi connectivity index (χ1) is 9.95. The van der Waals surface area contributed by atoms with Crippen molar-refractivity contribution in [3.63, 3.8) is 0 Å². The standard InChI is InChI=1S/C14H16N2O5/c1-3-15-14(18)10(2)21-13(17)9-8-11-6-4-5-7-12(11)16(19)20/h4-10H,3H2,1-2H3,(H,15,18)/b9-8+/t10-/m1/s1. The quantitative estimate of drug-likeness (QED) is 0.372. The molecule has 1 aromatic rings. The Morgan fingerprint density at radius 2 is 2.10 bits per heavy atom. The fraction of sp³-hybridized carbons (Fsp3) is 0.286. The Balaban J connectivity index is 2.71. The van der Waals surface area contributed by atoms with Crippen molar-refractivity contribution in [2.24, 2.45) is 0 Å². The fourth-order valence-corrected chi connectivity index (χ4v) is 1.54. The van der Waals surface area contributed by atoms with Crippen molar-refractivity contribution in [3.05, 3.63) is 46.0 Å². The van der Waals surface area contributed by atoms with Crippen LogP contribution in [0.1, 0.15) is 19.4 Å². The minimum Gasteiger partial charge on any atom is -0.449 e. The highest BCUT2D eigenvalue weighted by Crippen LogP contribution is 2.18. The van der Waals surface area contributed by atoms with Crippen molar-refractivity contribution in [2.75, 3.05) is 6.54 Å². The summed E-state index contributed by atoms with van der Waals surface area (Å²) in [5.41, 5.74) is 0.170. The summed E-state index contributed by atoms with van der Waals surface area (Å²) in [5, 5.41) is 13.3. The van der Waals surface area contributed by atoms with Crippen LogP contribution >= 0.6 is 0 Å². The summed E-state index contributed by atoms with van der Waals surface area (Å²) in [4.78, 5) is 33.2. The molecule has 1 atom stereocenters. The van der Waals surface area contributed by atoms with Gasteiger partial charge < -0.3 is 10.1 Å². The molecule has 1 aromatic carbocycles. The highest BCUT2D eigenvalue weighted by molar-refractivity contribution is 5.90. The minimum atomic E-state index is -0.923. The number of nitro groups is 1. The number of hydrogen-bond acceptors (Lipinski definition) is 5. The molecule has 112 valence electrons. The molecule has 7 nitrogen and oxygen atoms in total. The van der Waals surface area contributed by atoms with E-state index in [-0.39, 0.29) is 11.3 Å². The van der Waals surface area contributed by atoms with Crippen molar-refractivity contribution in [1.82, 2.24) is 5.32 Å². The molecule has 0 bridgehead atoms. The number of esters is 1. The van der Waals surface area contributed by atoms with Gasteiger partial charge in [0.2, 0.25) is 0 Å². The van der Waals surface area contributed by atoms with Gasteiger partial charge in [0.05, 0.1) is 10.5 Å². The monoisotopic (exact) mass is 292 g/mol. The second-order valence-corrected chi connectivity index (χ2v) is 4.12. The lowest BCUT2D eigenvalue weighted by Gasteiger charge is -2.10. The van der Waals surface area contributed by atoms with E-state index in [9.17, 15) is 19.7 Å². The van der Waals surface area contributed by atoms with Gasteiger partial charge in [-0.15, -0.1) is 0 Å². The van der Waals surface area contributed by atoms with Crippen LogP contribution in [0.5, 0.6) is 0 Å². The average molecular weight is 292 g/mol. The highest BCUT2D eigenvalue weighted by Gasteiger charge is 2.15. The van der Waals surface area contributed by atoms with Gasteiger partial charge >= 0.3 is 5.97 Å². The van der Waals surface area contributed by atoms with Crippen molar-refractivity contribution in [2.45, 2.75) is 20.0 Å². The van der Waals surface area contributed by atoms with E-state index < -0.39 is 22.9 Å². The third-order valence-electron chi connectivity index (χ3n) is 2.55. The molecule has 1 rings (SSSR count). The zero-order valence-electron chi connectivity index (χ0n) is 11.7. The number of benzene rings is 1. The van der Waals surface area contributed by atoms with Gasteiger partial charge in [-0.2, -0.15) is 0 Å². The SMILES string of the molecule is CCNC(=O)[C@@H](C)OC(=O)/C=C/c1ccccc1[N+](=O)[O-]. The van der Waals surface area contributed by atoms with Gasteiger partial charge in [0.1, 0.15) is 0 Å². The van der Waals surface area contributed by atoms with Crippen molar-refractivity contribution in [3.8, 4) is 0 Å². The lowest BCUT2D eigenvalue weighted by molar-refractivity contribution is -0.385. The molecule has 0 heterocycles. The van der Waals surface area contributed by atoms with E-state index in [1.54, 1.807) is 13.0 Å². The molecule has 0 radical (unpaired) electrons. The first-order valence-electron chi connectivity index (χ1n) is 6.35. The number of ether oxygens (including phenoxy) is 1. The van der Waals surface area contributed by atoms with Gasteiger partial charge in [0, 0.05) is 18.7 Å². The second kappa shape index (κ2) is 7.78. The van der Waals surface area contributed by atoms with Gasteiger partial charge in [-0.3, -0.25) is 14.9 Å². The summed E-state index contributed by atoms with van der Waals surface area (Å²) >= 11 is 0. The van der Waals surface area contributed by atoms with Crippen molar-refractivity contribution < 1.29 is 19.2 Å². The zero-order chi connectivity index (χ0) is 15.8. The lowest BCUT2D eigenvalue weighted by atomic mass is 10.1. The fourth-order valence-electron chi connectivity index (χ4n) is 1.54. The smallest absolute Gasteiger partial charge is 0.331 e. The summed E-state index contributed by atoms with van der Waals surface area (Å²) < 4.78 is 4.88. The molecule has 21 heavy (non-hydrogen) atoms. The molecule has 1 amide bonds. The van der Waals surface area contributed by atoms with E-state index in [1.165, 1.54) is 31.2 Å². The van der Waals surface area contributed by atoms with Gasteiger partial charge in [-0.05, 0) is 26.0 Å². The number of likely N-dealkylation sites (N-methyl/N-ethyl adjacent to an activating group) is 1. The van der Waals surface area contributed by atoms with E-state index in [1.807, 2.05) is 0 Å². The van der Waals surface area contributed by atoms with Crippen LogP contribution in [0.25, 0.3) is 6.08 Å². The molecule has 0 aliphatic rings. The largest absolute Gasteiger partial charge is 0.449 e. The number of amides is 1. The van der Waals surface area contributed by atoms with Crippen LogP contribution in [-0.2, 0) is 14.3 Å². The number of nitro benzene ring substituents is 1. The molecular weight excluding hydrogens is 276 g/mol. The van der Waals surface area contributed by atoms with Crippen LogP contribution in [0.3, 0.4) is 0 Å². The second-order valence-electron chi connectivity index (χ2n) is 4.12. The number of nitrogens with one attached hydrogen (secondary N) is 1.